The predicted octanol–water partition coefficient (Wildman–Crippen LogP) is 5.14. The first-order valence-electron chi connectivity index (χ1n) is 11.5. The molecule has 7 heteroatoms. The molecule has 1 aliphatic rings. The number of hydrogen-bond donors (Lipinski definition) is 0. The van der Waals surface area contributed by atoms with E-state index in [0.717, 1.165) is 41.9 Å². The maximum absolute atomic E-state index is 14.8. The third-order valence-electron chi connectivity index (χ3n) is 7.04. The lowest BCUT2D eigenvalue weighted by Gasteiger charge is -2.28. The van der Waals surface area contributed by atoms with Crippen molar-refractivity contribution in [1.82, 2.24) is 9.47 Å². The summed E-state index contributed by atoms with van der Waals surface area (Å²) in [6.07, 6.45) is 3.36. The molecule has 1 atom stereocenters. The molecule has 1 fully saturated rings. The smallest absolute Gasteiger partial charge is 0.270 e. The number of rotatable bonds is 5. The summed E-state index contributed by atoms with van der Waals surface area (Å²) in [5, 5.41) is 0.146. The maximum atomic E-state index is 14.8. The van der Waals surface area contributed by atoms with Gasteiger partial charge in [-0.15, -0.1) is 0 Å². The SMILES string of the molecule is CC(Cc1ccc2oc3cc(C4CCC4)n(-c4cccc(F)c4F)c(=O)c3c(=O)c2c1)N(C)C. The van der Waals surface area contributed by atoms with Gasteiger partial charge in [0.15, 0.2) is 11.6 Å². The molecule has 1 unspecified atom stereocenters. The molecule has 0 radical (unpaired) electrons. The van der Waals surface area contributed by atoms with E-state index < -0.39 is 22.6 Å². The second-order valence-electron chi connectivity index (χ2n) is 9.43. The fourth-order valence-corrected chi connectivity index (χ4v) is 4.56. The lowest BCUT2D eigenvalue weighted by molar-refractivity contribution is 0.312. The van der Waals surface area contributed by atoms with Crippen LogP contribution in [-0.2, 0) is 6.42 Å². The number of benzene rings is 2. The first-order valence-corrected chi connectivity index (χ1v) is 11.5. The third kappa shape index (κ3) is 3.64. The number of halogens is 2. The zero-order chi connectivity index (χ0) is 24.1. The lowest BCUT2D eigenvalue weighted by atomic mass is 9.82. The molecule has 1 saturated carbocycles. The van der Waals surface area contributed by atoms with Crippen molar-refractivity contribution in [2.45, 2.75) is 44.6 Å². The molecule has 0 saturated heterocycles. The van der Waals surface area contributed by atoms with Gasteiger partial charge >= 0.3 is 0 Å². The summed E-state index contributed by atoms with van der Waals surface area (Å²) in [7, 11) is 3.97. The molecule has 4 aromatic rings. The Labute approximate surface area is 195 Å². The Hall–Kier alpha value is -3.32. The van der Waals surface area contributed by atoms with Crippen LogP contribution in [0.2, 0.25) is 0 Å². The lowest BCUT2D eigenvalue weighted by Crippen LogP contribution is -2.30. The Morgan fingerprint density at radius 2 is 1.85 bits per heavy atom. The van der Waals surface area contributed by atoms with Crippen LogP contribution in [-0.4, -0.2) is 29.6 Å². The van der Waals surface area contributed by atoms with Crippen LogP contribution in [0.1, 0.15) is 43.4 Å². The second kappa shape index (κ2) is 8.47. The van der Waals surface area contributed by atoms with E-state index >= 15 is 0 Å². The Balaban J connectivity index is 1.79. The summed E-state index contributed by atoms with van der Waals surface area (Å²) < 4.78 is 36.0. The summed E-state index contributed by atoms with van der Waals surface area (Å²) >= 11 is 0. The van der Waals surface area contributed by atoms with Crippen LogP contribution in [0.15, 0.2) is 56.5 Å². The Bertz CT molecular complexity index is 1530. The monoisotopic (exact) mass is 464 g/mol. The van der Waals surface area contributed by atoms with Crippen molar-refractivity contribution < 1.29 is 13.2 Å². The van der Waals surface area contributed by atoms with E-state index in [0.29, 0.717) is 16.7 Å². The summed E-state index contributed by atoms with van der Waals surface area (Å²) in [6.45, 7) is 2.08. The quantitative estimate of drug-likeness (QED) is 0.384. The molecular weight excluding hydrogens is 438 g/mol. The van der Waals surface area contributed by atoms with Crippen LogP contribution in [0.5, 0.6) is 0 Å². The van der Waals surface area contributed by atoms with Crippen molar-refractivity contribution in [1.29, 1.82) is 0 Å². The molecule has 0 N–H and O–H groups in total. The fraction of sp³-hybridized carbons (Fsp3) is 0.333. The van der Waals surface area contributed by atoms with Crippen molar-refractivity contribution >= 4 is 21.9 Å². The van der Waals surface area contributed by atoms with E-state index in [9.17, 15) is 18.4 Å². The topological polar surface area (TPSA) is 55.5 Å². The largest absolute Gasteiger partial charge is 0.456 e. The van der Waals surface area contributed by atoms with Gasteiger partial charge in [0.1, 0.15) is 16.6 Å². The van der Waals surface area contributed by atoms with Crippen molar-refractivity contribution in [3.05, 3.63) is 85.9 Å². The first kappa shape index (κ1) is 22.5. The molecule has 0 amide bonds. The molecule has 34 heavy (non-hydrogen) atoms. The van der Waals surface area contributed by atoms with Crippen LogP contribution in [0.3, 0.4) is 0 Å². The molecule has 0 aliphatic heterocycles. The number of likely N-dealkylation sites (N-methyl/N-ethyl adjacent to an activating group) is 1. The van der Waals surface area contributed by atoms with E-state index in [-0.39, 0.29) is 28.6 Å². The van der Waals surface area contributed by atoms with Crippen molar-refractivity contribution in [3.8, 4) is 5.69 Å². The zero-order valence-electron chi connectivity index (χ0n) is 19.4. The molecule has 176 valence electrons. The Morgan fingerprint density at radius 3 is 2.53 bits per heavy atom. The standard InChI is InChI=1S/C27H26F2N2O3/c1-15(30(2)3)12-16-10-11-22-18(13-16)26(32)24-23(34-22)14-21(17-6-4-7-17)31(27(24)33)20-9-5-8-19(28)25(20)29/h5,8-11,13-15,17H,4,6-7,12H2,1-3H3. The molecule has 2 heterocycles. The van der Waals surface area contributed by atoms with Gasteiger partial charge in [-0.05, 0) is 76.0 Å². The van der Waals surface area contributed by atoms with Crippen LogP contribution < -0.4 is 11.0 Å². The van der Waals surface area contributed by atoms with E-state index in [2.05, 4.69) is 11.8 Å². The number of hydrogen-bond acceptors (Lipinski definition) is 4. The molecular formula is C27H26F2N2O3. The number of nitrogens with zero attached hydrogens (tertiary/aromatic N) is 2. The summed E-state index contributed by atoms with van der Waals surface area (Å²) in [4.78, 5) is 29.3. The Morgan fingerprint density at radius 1 is 1.09 bits per heavy atom. The second-order valence-corrected chi connectivity index (χ2v) is 9.43. The minimum Gasteiger partial charge on any atom is -0.456 e. The predicted molar refractivity (Wildman–Crippen MR) is 129 cm³/mol. The number of fused-ring (bicyclic) bond motifs is 2. The van der Waals surface area contributed by atoms with Gasteiger partial charge in [-0.25, -0.2) is 8.78 Å². The molecule has 5 rings (SSSR count). The van der Waals surface area contributed by atoms with E-state index in [1.807, 2.05) is 20.2 Å². The highest BCUT2D eigenvalue weighted by Gasteiger charge is 2.28. The number of aromatic nitrogens is 1. The molecule has 0 bridgehead atoms. The van der Waals surface area contributed by atoms with Gasteiger partial charge in [0.2, 0.25) is 5.43 Å². The van der Waals surface area contributed by atoms with Crippen LogP contribution in [0, 0.1) is 11.6 Å². The molecule has 2 aromatic carbocycles. The van der Waals surface area contributed by atoms with Crippen molar-refractivity contribution in [3.63, 3.8) is 0 Å². The highest BCUT2D eigenvalue weighted by molar-refractivity contribution is 5.90. The Kier molecular flexibility index (Phi) is 5.60. The van der Waals surface area contributed by atoms with Gasteiger partial charge in [0.25, 0.3) is 5.56 Å². The van der Waals surface area contributed by atoms with Crippen molar-refractivity contribution in [2.75, 3.05) is 14.1 Å². The van der Waals surface area contributed by atoms with Gasteiger partial charge in [-0.2, -0.15) is 0 Å². The maximum Gasteiger partial charge on any atom is 0.270 e. The zero-order valence-corrected chi connectivity index (χ0v) is 19.4. The molecule has 2 aromatic heterocycles. The van der Waals surface area contributed by atoms with Gasteiger partial charge < -0.3 is 9.32 Å². The van der Waals surface area contributed by atoms with E-state index in [1.165, 1.54) is 12.1 Å². The first-order chi connectivity index (χ1) is 16.3. The summed E-state index contributed by atoms with van der Waals surface area (Å²) in [5.74, 6) is -2.15. The van der Waals surface area contributed by atoms with Crippen LogP contribution in [0.4, 0.5) is 8.78 Å². The average molecular weight is 465 g/mol. The van der Waals surface area contributed by atoms with Crippen LogP contribution in [0.25, 0.3) is 27.6 Å². The molecule has 0 spiro atoms. The van der Waals surface area contributed by atoms with Crippen LogP contribution >= 0.6 is 0 Å². The third-order valence-corrected chi connectivity index (χ3v) is 7.04. The summed E-state index contributed by atoms with van der Waals surface area (Å²) in [5.41, 5.74) is 0.703. The minimum absolute atomic E-state index is 0.00987. The fourth-order valence-electron chi connectivity index (χ4n) is 4.56. The minimum atomic E-state index is -1.12. The summed E-state index contributed by atoms with van der Waals surface area (Å²) in [6, 6.07) is 11.1. The van der Waals surface area contributed by atoms with Gasteiger partial charge in [0, 0.05) is 17.8 Å². The van der Waals surface area contributed by atoms with Crippen molar-refractivity contribution in [2.24, 2.45) is 0 Å². The van der Waals surface area contributed by atoms with E-state index in [4.69, 9.17) is 4.42 Å². The van der Waals surface area contributed by atoms with E-state index in [1.54, 1.807) is 18.2 Å². The molecule has 5 nitrogen and oxygen atoms in total. The van der Waals surface area contributed by atoms with Gasteiger partial charge in [0.05, 0.1) is 11.1 Å². The highest BCUT2D eigenvalue weighted by atomic mass is 19.2. The normalized spacial score (nSPS) is 15.2. The van der Waals surface area contributed by atoms with Gasteiger partial charge in [-0.1, -0.05) is 18.6 Å². The average Bonchev–Trinajstić information content (AvgIpc) is 2.75. The number of pyridine rings is 1. The highest BCUT2D eigenvalue weighted by Crippen LogP contribution is 2.38. The molecule has 1 aliphatic carbocycles. The van der Waals surface area contributed by atoms with Gasteiger partial charge in [-0.3, -0.25) is 14.2 Å².